The van der Waals surface area contributed by atoms with Crippen molar-refractivity contribution in [3.8, 4) is 0 Å². The third-order valence-electron chi connectivity index (χ3n) is 2.91. The van der Waals surface area contributed by atoms with Crippen LogP contribution in [0.2, 0.25) is 0 Å². The van der Waals surface area contributed by atoms with Crippen molar-refractivity contribution < 1.29 is 4.79 Å². The van der Waals surface area contributed by atoms with E-state index in [1.54, 1.807) is 33.9 Å². The van der Waals surface area contributed by atoms with E-state index < -0.39 is 0 Å². The maximum Gasteiger partial charge on any atom is 0.273 e. The summed E-state index contributed by atoms with van der Waals surface area (Å²) in [5, 5.41) is 11.1. The summed E-state index contributed by atoms with van der Waals surface area (Å²) >= 11 is 3.36. The fourth-order valence-electron chi connectivity index (χ4n) is 1.83. The zero-order valence-corrected chi connectivity index (χ0v) is 12.2. The predicted octanol–water partition coefficient (Wildman–Crippen LogP) is 1.16. The smallest absolute Gasteiger partial charge is 0.273 e. The Morgan fingerprint density at radius 1 is 1.45 bits per heavy atom. The van der Waals surface area contributed by atoms with E-state index in [2.05, 4.69) is 36.4 Å². The van der Waals surface area contributed by atoms with Crippen molar-refractivity contribution in [3.05, 3.63) is 46.6 Å². The van der Waals surface area contributed by atoms with Crippen molar-refractivity contribution >= 4 is 27.5 Å². The highest BCUT2D eigenvalue weighted by atomic mass is 79.9. The molecule has 7 nitrogen and oxygen atoms in total. The molecule has 0 bridgehead atoms. The van der Waals surface area contributed by atoms with Crippen LogP contribution in [0.15, 0.2) is 35.2 Å². The van der Waals surface area contributed by atoms with Crippen molar-refractivity contribution in [2.75, 3.05) is 0 Å². The standard InChI is InChI=1S/C12H11BrN6O/c1-18-8(3-5-16-18)7-15-12(20)10-9(13)11-14-4-2-6-19(11)17-10/h2-6H,7H2,1H3,(H,15,20). The fourth-order valence-corrected chi connectivity index (χ4v) is 2.38. The lowest BCUT2D eigenvalue weighted by Crippen LogP contribution is -2.24. The lowest BCUT2D eigenvalue weighted by molar-refractivity contribution is 0.0944. The summed E-state index contributed by atoms with van der Waals surface area (Å²) in [4.78, 5) is 16.3. The van der Waals surface area contributed by atoms with Gasteiger partial charge in [0.05, 0.1) is 16.7 Å². The molecule has 0 unspecified atom stereocenters. The van der Waals surface area contributed by atoms with Gasteiger partial charge in [-0.2, -0.15) is 10.2 Å². The third kappa shape index (κ3) is 2.18. The van der Waals surface area contributed by atoms with Crippen LogP contribution in [0.4, 0.5) is 0 Å². The normalized spacial score (nSPS) is 10.9. The highest BCUT2D eigenvalue weighted by Gasteiger charge is 2.18. The number of amides is 1. The Morgan fingerprint density at radius 3 is 3.00 bits per heavy atom. The first-order valence-corrected chi connectivity index (χ1v) is 6.70. The Labute approximate surface area is 122 Å². The molecule has 0 saturated heterocycles. The molecule has 3 rings (SSSR count). The zero-order chi connectivity index (χ0) is 14.1. The number of nitrogens with zero attached hydrogens (tertiary/aromatic N) is 5. The van der Waals surface area contributed by atoms with E-state index in [0.29, 0.717) is 22.4 Å². The van der Waals surface area contributed by atoms with E-state index >= 15 is 0 Å². The summed E-state index contributed by atoms with van der Waals surface area (Å²) < 4.78 is 3.85. The van der Waals surface area contributed by atoms with E-state index in [1.165, 1.54) is 0 Å². The molecule has 1 N–H and O–H groups in total. The van der Waals surface area contributed by atoms with Gasteiger partial charge in [-0.15, -0.1) is 0 Å². The van der Waals surface area contributed by atoms with Crippen molar-refractivity contribution in [1.82, 2.24) is 29.7 Å². The minimum absolute atomic E-state index is 0.261. The SMILES string of the molecule is Cn1nccc1CNC(=O)c1nn2cccnc2c1Br. The number of fused-ring (bicyclic) bond motifs is 1. The number of aryl methyl sites for hydroxylation is 1. The molecule has 8 heteroatoms. The summed E-state index contributed by atoms with van der Waals surface area (Å²) in [6.45, 7) is 0.392. The van der Waals surface area contributed by atoms with Gasteiger partial charge in [0, 0.05) is 25.6 Å². The molecule has 0 fully saturated rings. The topological polar surface area (TPSA) is 77.1 Å². The molecule has 0 aromatic carbocycles. The number of hydrogen-bond donors (Lipinski definition) is 1. The summed E-state index contributed by atoms with van der Waals surface area (Å²) in [5.41, 5.74) is 1.83. The van der Waals surface area contributed by atoms with Gasteiger partial charge in [-0.05, 0) is 28.1 Å². The van der Waals surface area contributed by atoms with E-state index in [0.717, 1.165) is 5.69 Å². The van der Waals surface area contributed by atoms with Gasteiger partial charge in [0.1, 0.15) is 0 Å². The highest BCUT2D eigenvalue weighted by molar-refractivity contribution is 9.10. The summed E-state index contributed by atoms with van der Waals surface area (Å²) in [6, 6.07) is 3.60. The second-order valence-corrected chi connectivity index (χ2v) is 4.97. The van der Waals surface area contributed by atoms with Gasteiger partial charge in [0.25, 0.3) is 5.91 Å². The Balaban J connectivity index is 1.82. The van der Waals surface area contributed by atoms with Crippen molar-refractivity contribution in [1.29, 1.82) is 0 Å². The lowest BCUT2D eigenvalue weighted by Gasteiger charge is -2.03. The van der Waals surface area contributed by atoms with Crippen LogP contribution in [-0.2, 0) is 13.6 Å². The Morgan fingerprint density at radius 2 is 2.30 bits per heavy atom. The van der Waals surface area contributed by atoms with Crippen LogP contribution in [0.3, 0.4) is 0 Å². The molecule has 0 spiro atoms. The van der Waals surface area contributed by atoms with E-state index in [1.807, 2.05) is 13.1 Å². The molecule has 3 heterocycles. The average molecular weight is 335 g/mol. The molecule has 3 aromatic rings. The van der Waals surface area contributed by atoms with Gasteiger partial charge in [0.15, 0.2) is 11.3 Å². The first-order chi connectivity index (χ1) is 9.66. The Hall–Kier alpha value is -2.22. The quantitative estimate of drug-likeness (QED) is 0.779. The number of rotatable bonds is 3. The predicted molar refractivity (Wildman–Crippen MR) is 75.1 cm³/mol. The number of carbonyl (C=O) groups excluding carboxylic acids is 1. The minimum Gasteiger partial charge on any atom is -0.345 e. The van der Waals surface area contributed by atoms with Gasteiger partial charge < -0.3 is 5.32 Å². The van der Waals surface area contributed by atoms with Crippen LogP contribution in [0.25, 0.3) is 5.65 Å². The van der Waals surface area contributed by atoms with Gasteiger partial charge >= 0.3 is 0 Å². The van der Waals surface area contributed by atoms with Crippen LogP contribution in [0.1, 0.15) is 16.2 Å². The second-order valence-electron chi connectivity index (χ2n) is 4.18. The molecule has 3 aromatic heterocycles. The average Bonchev–Trinajstić information content (AvgIpc) is 3.01. The molecule has 102 valence electrons. The molecule has 20 heavy (non-hydrogen) atoms. The van der Waals surface area contributed by atoms with Crippen LogP contribution in [-0.4, -0.2) is 30.3 Å². The molecule has 0 aliphatic rings. The first-order valence-electron chi connectivity index (χ1n) is 5.91. The van der Waals surface area contributed by atoms with Gasteiger partial charge in [0.2, 0.25) is 0 Å². The van der Waals surface area contributed by atoms with Crippen LogP contribution in [0, 0.1) is 0 Å². The van der Waals surface area contributed by atoms with Crippen LogP contribution in [0.5, 0.6) is 0 Å². The van der Waals surface area contributed by atoms with Gasteiger partial charge in [-0.1, -0.05) is 0 Å². The monoisotopic (exact) mass is 334 g/mol. The maximum atomic E-state index is 12.2. The number of aromatic nitrogens is 5. The fraction of sp³-hybridized carbons (Fsp3) is 0.167. The molecule has 0 aliphatic heterocycles. The van der Waals surface area contributed by atoms with Gasteiger partial charge in [-0.25, -0.2) is 9.50 Å². The van der Waals surface area contributed by atoms with Crippen LogP contribution < -0.4 is 5.32 Å². The number of carbonyl (C=O) groups is 1. The molecular weight excluding hydrogens is 324 g/mol. The minimum atomic E-state index is -0.261. The van der Waals surface area contributed by atoms with Crippen molar-refractivity contribution in [2.45, 2.75) is 6.54 Å². The summed E-state index contributed by atoms with van der Waals surface area (Å²) in [6.07, 6.45) is 5.08. The molecule has 1 amide bonds. The molecule has 0 radical (unpaired) electrons. The summed E-state index contributed by atoms with van der Waals surface area (Å²) in [5.74, 6) is -0.261. The van der Waals surface area contributed by atoms with Crippen molar-refractivity contribution in [3.63, 3.8) is 0 Å². The van der Waals surface area contributed by atoms with E-state index in [9.17, 15) is 4.79 Å². The molecule has 0 atom stereocenters. The number of halogens is 1. The van der Waals surface area contributed by atoms with Gasteiger partial charge in [-0.3, -0.25) is 9.48 Å². The largest absolute Gasteiger partial charge is 0.345 e. The Bertz CT molecular complexity index is 777. The van der Waals surface area contributed by atoms with E-state index in [4.69, 9.17) is 0 Å². The second kappa shape index (κ2) is 5.04. The molecule has 0 aliphatic carbocycles. The zero-order valence-electron chi connectivity index (χ0n) is 10.6. The third-order valence-corrected chi connectivity index (χ3v) is 3.64. The van der Waals surface area contributed by atoms with E-state index in [-0.39, 0.29) is 5.91 Å². The van der Waals surface area contributed by atoms with Crippen molar-refractivity contribution in [2.24, 2.45) is 7.05 Å². The maximum absolute atomic E-state index is 12.2. The number of hydrogen-bond acceptors (Lipinski definition) is 4. The van der Waals surface area contributed by atoms with Crippen LogP contribution >= 0.6 is 15.9 Å². The molecular formula is C12H11BrN6O. The Kier molecular flexibility index (Phi) is 3.23. The highest BCUT2D eigenvalue weighted by Crippen LogP contribution is 2.20. The number of nitrogens with one attached hydrogen (secondary N) is 1. The molecule has 0 saturated carbocycles. The summed E-state index contributed by atoms with van der Waals surface area (Å²) in [7, 11) is 1.83. The first kappa shape index (κ1) is 12.8. The lowest BCUT2D eigenvalue weighted by atomic mass is 10.3.